The van der Waals surface area contributed by atoms with Gasteiger partial charge in [-0.25, -0.2) is 0 Å². The van der Waals surface area contributed by atoms with Crippen molar-refractivity contribution >= 4 is 5.69 Å². The molecule has 110 valence electrons. The van der Waals surface area contributed by atoms with E-state index in [0.29, 0.717) is 5.56 Å². The molecule has 2 aromatic carbocycles. The molecular formula is C15H16N2O4. The van der Waals surface area contributed by atoms with Gasteiger partial charge in [-0.3, -0.25) is 10.1 Å². The van der Waals surface area contributed by atoms with Crippen LogP contribution >= 0.6 is 0 Å². The summed E-state index contributed by atoms with van der Waals surface area (Å²) >= 11 is 0. The van der Waals surface area contributed by atoms with Crippen LogP contribution in [0.3, 0.4) is 0 Å². The van der Waals surface area contributed by atoms with E-state index in [2.05, 4.69) is 0 Å². The maximum Gasteiger partial charge on any atom is 0.310 e. The van der Waals surface area contributed by atoms with Crippen LogP contribution in [-0.4, -0.2) is 22.7 Å². The van der Waals surface area contributed by atoms with E-state index in [-0.39, 0.29) is 18.0 Å². The zero-order valence-electron chi connectivity index (χ0n) is 11.3. The average molecular weight is 288 g/mol. The summed E-state index contributed by atoms with van der Waals surface area (Å²) in [5.74, 6) is 0.101. The van der Waals surface area contributed by atoms with Gasteiger partial charge >= 0.3 is 5.69 Å². The second-order valence-electron chi connectivity index (χ2n) is 4.48. The number of aliphatic hydroxyl groups is 1. The third kappa shape index (κ3) is 3.56. The molecule has 6 nitrogen and oxygen atoms in total. The number of nitro benzene ring substituents is 1. The highest BCUT2D eigenvalue weighted by atomic mass is 16.6. The summed E-state index contributed by atoms with van der Waals surface area (Å²) in [5.41, 5.74) is 6.05. The molecule has 2 aromatic rings. The first-order valence-electron chi connectivity index (χ1n) is 6.46. The second kappa shape index (κ2) is 6.83. The van der Waals surface area contributed by atoms with E-state index in [9.17, 15) is 15.2 Å². The number of hydrogen-bond acceptors (Lipinski definition) is 5. The quantitative estimate of drug-likeness (QED) is 0.626. The number of aliphatic hydroxyl groups excluding tert-OH is 1. The Morgan fingerprint density at radius 3 is 2.38 bits per heavy atom. The Hall–Kier alpha value is -2.44. The summed E-state index contributed by atoms with van der Waals surface area (Å²) in [6.45, 7) is -0.0137. The molecule has 0 aliphatic rings. The minimum Gasteiger partial charge on any atom is -0.476 e. The number of benzene rings is 2. The molecular weight excluding hydrogens is 272 g/mol. The lowest BCUT2D eigenvalue weighted by molar-refractivity contribution is -0.386. The molecule has 0 spiro atoms. The summed E-state index contributed by atoms with van der Waals surface area (Å²) < 4.78 is 5.67. The fraction of sp³-hybridized carbons (Fsp3) is 0.200. The Kier molecular flexibility index (Phi) is 4.86. The molecule has 0 aromatic heterocycles. The van der Waals surface area contributed by atoms with Gasteiger partial charge in [0.15, 0.2) is 11.9 Å². The van der Waals surface area contributed by atoms with Crippen molar-refractivity contribution in [3.63, 3.8) is 0 Å². The van der Waals surface area contributed by atoms with E-state index >= 15 is 0 Å². The second-order valence-corrected chi connectivity index (χ2v) is 4.48. The minimum atomic E-state index is -0.966. The predicted molar refractivity (Wildman–Crippen MR) is 78.0 cm³/mol. The van der Waals surface area contributed by atoms with Crippen molar-refractivity contribution in [3.8, 4) is 5.75 Å². The Morgan fingerprint density at radius 2 is 1.76 bits per heavy atom. The summed E-state index contributed by atoms with van der Waals surface area (Å²) in [7, 11) is 0. The maximum absolute atomic E-state index is 11.0. The molecule has 2 atom stereocenters. The zero-order valence-corrected chi connectivity index (χ0v) is 11.3. The largest absolute Gasteiger partial charge is 0.476 e. The predicted octanol–water partition coefficient (Wildman–Crippen LogP) is 2.03. The van der Waals surface area contributed by atoms with Crippen LogP contribution in [0.1, 0.15) is 11.7 Å². The maximum atomic E-state index is 11.0. The van der Waals surface area contributed by atoms with Crippen molar-refractivity contribution in [1.29, 1.82) is 0 Å². The lowest BCUT2D eigenvalue weighted by atomic mass is 10.0. The number of rotatable bonds is 6. The molecule has 6 heteroatoms. The molecule has 21 heavy (non-hydrogen) atoms. The third-order valence-electron chi connectivity index (χ3n) is 3.03. The molecule has 0 fully saturated rings. The molecule has 0 aliphatic heterocycles. The Balaban J connectivity index is 2.34. The first-order chi connectivity index (χ1) is 10.1. The van der Waals surface area contributed by atoms with Gasteiger partial charge in [0.1, 0.15) is 6.10 Å². The van der Waals surface area contributed by atoms with Crippen molar-refractivity contribution in [2.24, 2.45) is 5.73 Å². The molecule has 0 heterocycles. The van der Waals surface area contributed by atoms with E-state index in [0.717, 1.165) is 0 Å². The highest BCUT2D eigenvalue weighted by Gasteiger charge is 2.25. The fourth-order valence-corrected chi connectivity index (χ4v) is 1.98. The van der Waals surface area contributed by atoms with Gasteiger partial charge in [0.05, 0.1) is 4.92 Å². The van der Waals surface area contributed by atoms with Gasteiger partial charge in [0.25, 0.3) is 0 Å². The molecule has 3 N–H and O–H groups in total. The number of ether oxygens (including phenoxy) is 1. The van der Waals surface area contributed by atoms with Gasteiger partial charge in [0, 0.05) is 12.6 Å². The van der Waals surface area contributed by atoms with E-state index in [4.69, 9.17) is 10.5 Å². The molecule has 0 saturated heterocycles. The molecule has 0 aliphatic carbocycles. The van der Waals surface area contributed by atoms with Crippen molar-refractivity contribution < 1.29 is 14.8 Å². The van der Waals surface area contributed by atoms with E-state index < -0.39 is 17.1 Å². The Morgan fingerprint density at radius 1 is 1.14 bits per heavy atom. The van der Waals surface area contributed by atoms with Crippen molar-refractivity contribution in [2.75, 3.05) is 6.54 Å². The smallest absolute Gasteiger partial charge is 0.310 e. The van der Waals surface area contributed by atoms with Gasteiger partial charge in [-0.15, -0.1) is 0 Å². The van der Waals surface area contributed by atoms with Crippen LogP contribution in [0.4, 0.5) is 5.69 Å². The Labute approximate surface area is 121 Å². The van der Waals surface area contributed by atoms with Crippen LogP contribution in [0.15, 0.2) is 54.6 Å². The molecule has 0 radical (unpaired) electrons. The zero-order chi connectivity index (χ0) is 15.2. The van der Waals surface area contributed by atoms with Crippen LogP contribution in [-0.2, 0) is 0 Å². The van der Waals surface area contributed by atoms with Crippen LogP contribution < -0.4 is 10.5 Å². The highest BCUT2D eigenvalue weighted by Crippen LogP contribution is 2.31. The molecule has 0 amide bonds. The average Bonchev–Trinajstić information content (AvgIpc) is 2.53. The van der Waals surface area contributed by atoms with Gasteiger partial charge in [-0.05, 0) is 11.6 Å². The lowest BCUT2D eigenvalue weighted by Gasteiger charge is -2.23. The number of nitrogens with zero attached hydrogens (tertiary/aromatic N) is 1. The van der Waals surface area contributed by atoms with Crippen molar-refractivity contribution in [1.82, 2.24) is 0 Å². The van der Waals surface area contributed by atoms with Crippen molar-refractivity contribution in [2.45, 2.75) is 12.2 Å². The Bertz CT molecular complexity index is 604. The summed E-state index contributed by atoms with van der Waals surface area (Å²) in [5, 5.41) is 21.1. The normalized spacial score (nSPS) is 13.4. The molecule has 2 rings (SSSR count). The first kappa shape index (κ1) is 15.0. The summed E-state index contributed by atoms with van der Waals surface area (Å²) in [4.78, 5) is 10.5. The number of nitrogens with two attached hydrogens (primary N) is 1. The van der Waals surface area contributed by atoms with E-state index in [1.165, 1.54) is 12.1 Å². The van der Waals surface area contributed by atoms with Gasteiger partial charge in [-0.1, -0.05) is 42.5 Å². The third-order valence-corrected chi connectivity index (χ3v) is 3.03. The number of hydrogen-bond donors (Lipinski definition) is 2. The van der Waals surface area contributed by atoms with Crippen molar-refractivity contribution in [3.05, 3.63) is 70.3 Å². The fourth-order valence-electron chi connectivity index (χ4n) is 1.98. The van der Waals surface area contributed by atoms with Crippen LogP contribution in [0.2, 0.25) is 0 Å². The monoisotopic (exact) mass is 288 g/mol. The van der Waals surface area contributed by atoms with E-state index in [1.54, 1.807) is 36.4 Å². The van der Waals surface area contributed by atoms with Crippen LogP contribution in [0, 0.1) is 10.1 Å². The highest BCUT2D eigenvalue weighted by molar-refractivity contribution is 5.46. The molecule has 0 saturated carbocycles. The lowest BCUT2D eigenvalue weighted by Crippen LogP contribution is -2.31. The van der Waals surface area contributed by atoms with Crippen LogP contribution in [0.5, 0.6) is 5.75 Å². The number of nitro groups is 1. The minimum absolute atomic E-state index is 0.0137. The van der Waals surface area contributed by atoms with Gasteiger partial charge in [0.2, 0.25) is 0 Å². The topological polar surface area (TPSA) is 98.6 Å². The molecule has 0 unspecified atom stereocenters. The first-order valence-corrected chi connectivity index (χ1v) is 6.46. The summed E-state index contributed by atoms with van der Waals surface area (Å²) in [6, 6.07) is 15.0. The summed E-state index contributed by atoms with van der Waals surface area (Å²) in [6.07, 6.45) is -1.73. The SMILES string of the molecule is NC[C@H](O)[C@H](Oc1ccccc1[N+](=O)[O-])c1ccccc1. The molecule has 0 bridgehead atoms. The van der Waals surface area contributed by atoms with Gasteiger partial charge in [-0.2, -0.15) is 0 Å². The van der Waals surface area contributed by atoms with Crippen LogP contribution in [0.25, 0.3) is 0 Å². The number of para-hydroxylation sites is 2. The van der Waals surface area contributed by atoms with E-state index in [1.807, 2.05) is 6.07 Å². The standard InChI is InChI=1S/C15H16N2O4/c16-10-13(18)15(11-6-2-1-3-7-11)21-14-9-5-4-8-12(14)17(19)20/h1-9,13,15,18H,10,16H2/t13-,15+/m0/s1. The van der Waals surface area contributed by atoms with Gasteiger partial charge < -0.3 is 15.6 Å².